The Kier molecular flexibility index (Phi) is 5.75. The van der Waals surface area contributed by atoms with Gasteiger partial charge in [0.05, 0.1) is 23.0 Å². The number of rotatable bonds is 4. The first-order chi connectivity index (χ1) is 15.8. The SMILES string of the molecule is O=C1NC(=O)/C(=C/c2cc3cncc(-c4ccc(S(=O)(=O)N5CCOCC5)cc4Cl)c3o2)S1. The lowest BCUT2D eigenvalue weighted by atomic mass is 10.1. The van der Waals surface area contributed by atoms with Crippen LogP contribution in [0.4, 0.5) is 4.79 Å². The quantitative estimate of drug-likeness (QED) is 0.535. The van der Waals surface area contributed by atoms with Crippen LogP contribution in [0.25, 0.3) is 28.2 Å². The Bertz CT molecular complexity index is 1430. The summed E-state index contributed by atoms with van der Waals surface area (Å²) >= 11 is 7.30. The number of sulfonamides is 1. The van der Waals surface area contributed by atoms with Crippen molar-refractivity contribution in [1.82, 2.24) is 14.6 Å². The number of fused-ring (bicyclic) bond motifs is 1. The van der Waals surface area contributed by atoms with Gasteiger partial charge in [-0.25, -0.2) is 8.42 Å². The predicted molar refractivity (Wildman–Crippen MR) is 123 cm³/mol. The Morgan fingerprint density at radius 1 is 1.12 bits per heavy atom. The van der Waals surface area contributed by atoms with E-state index in [9.17, 15) is 18.0 Å². The molecule has 3 aromatic rings. The van der Waals surface area contributed by atoms with E-state index in [2.05, 4.69) is 10.3 Å². The molecular formula is C21H16ClN3O6S2. The second-order valence-corrected chi connectivity index (χ2v) is 10.6. The van der Waals surface area contributed by atoms with Gasteiger partial charge in [0.15, 0.2) is 0 Å². The van der Waals surface area contributed by atoms with Gasteiger partial charge in [-0.1, -0.05) is 17.7 Å². The highest BCUT2D eigenvalue weighted by molar-refractivity contribution is 8.18. The van der Waals surface area contributed by atoms with Crippen LogP contribution < -0.4 is 5.32 Å². The van der Waals surface area contributed by atoms with Crippen LogP contribution in [0.3, 0.4) is 0 Å². The zero-order chi connectivity index (χ0) is 23.2. The summed E-state index contributed by atoms with van der Waals surface area (Å²) in [5.74, 6) is -0.113. The van der Waals surface area contributed by atoms with Crippen LogP contribution in [-0.4, -0.2) is 55.2 Å². The smallest absolute Gasteiger partial charge is 0.290 e. The first-order valence-corrected chi connectivity index (χ1v) is 12.5. The van der Waals surface area contributed by atoms with Crippen LogP contribution in [0.1, 0.15) is 5.76 Å². The molecule has 2 fully saturated rings. The summed E-state index contributed by atoms with van der Waals surface area (Å²) in [6, 6.07) is 6.23. The zero-order valence-corrected chi connectivity index (χ0v) is 19.3. The van der Waals surface area contributed by atoms with Gasteiger partial charge in [0, 0.05) is 53.1 Å². The molecule has 1 aromatic carbocycles. The van der Waals surface area contributed by atoms with Gasteiger partial charge in [0.1, 0.15) is 11.3 Å². The van der Waals surface area contributed by atoms with Crippen molar-refractivity contribution in [2.24, 2.45) is 0 Å². The lowest BCUT2D eigenvalue weighted by Crippen LogP contribution is -2.40. The van der Waals surface area contributed by atoms with Gasteiger partial charge in [0.2, 0.25) is 10.0 Å². The summed E-state index contributed by atoms with van der Waals surface area (Å²) in [4.78, 5) is 27.7. The fourth-order valence-electron chi connectivity index (χ4n) is 3.61. The van der Waals surface area contributed by atoms with E-state index < -0.39 is 21.2 Å². The normalized spacial score (nSPS) is 18.9. The van der Waals surface area contributed by atoms with Crippen LogP contribution in [0.5, 0.6) is 0 Å². The third-order valence-electron chi connectivity index (χ3n) is 5.20. The molecule has 0 aliphatic carbocycles. The number of carbonyl (C=O) groups is 2. The molecule has 0 spiro atoms. The number of nitrogens with one attached hydrogen (secondary N) is 1. The summed E-state index contributed by atoms with van der Waals surface area (Å²) in [5.41, 5.74) is 1.58. The molecular weight excluding hydrogens is 490 g/mol. The zero-order valence-electron chi connectivity index (χ0n) is 16.9. The topological polar surface area (TPSA) is 119 Å². The van der Waals surface area contributed by atoms with Crippen molar-refractivity contribution in [1.29, 1.82) is 0 Å². The first-order valence-electron chi connectivity index (χ1n) is 9.83. The molecule has 1 N–H and O–H groups in total. The Hall–Kier alpha value is -2.70. The largest absolute Gasteiger partial charge is 0.456 e. The monoisotopic (exact) mass is 505 g/mol. The van der Waals surface area contributed by atoms with Crippen molar-refractivity contribution < 1.29 is 27.2 Å². The fraction of sp³-hybridized carbons (Fsp3) is 0.190. The molecule has 33 heavy (non-hydrogen) atoms. The van der Waals surface area contributed by atoms with Crippen LogP contribution in [0.15, 0.2) is 50.9 Å². The molecule has 2 saturated heterocycles. The van der Waals surface area contributed by atoms with Crippen molar-refractivity contribution in [2.75, 3.05) is 26.3 Å². The summed E-state index contributed by atoms with van der Waals surface area (Å²) in [5, 5.41) is 2.64. The van der Waals surface area contributed by atoms with E-state index in [0.717, 1.165) is 11.8 Å². The summed E-state index contributed by atoms with van der Waals surface area (Å²) in [7, 11) is -3.69. The number of aromatic nitrogens is 1. The van der Waals surface area contributed by atoms with E-state index in [4.69, 9.17) is 20.8 Å². The molecule has 0 saturated carbocycles. The van der Waals surface area contributed by atoms with Crippen molar-refractivity contribution >= 4 is 61.6 Å². The Morgan fingerprint density at radius 3 is 2.61 bits per heavy atom. The van der Waals surface area contributed by atoms with Crippen LogP contribution in [0.2, 0.25) is 5.02 Å². The molecule has 2 aliphatic heterocycles. The number of imide groups is 1. The summed E-state index contributed by atoms with van der Waals surface area (Å²) in [6.45, 7) is 1.28. The number of thioether (sulfide) groups is 1. The van der Waals surface area contributed by atoms with Gasteiger partial charge in [-0.3, -0.25) is 19.9 Å². The molecule has 5 rings (SSSR count). The van der Waals surface area contributed by atoms with E-state index in [-0.39, 0.29) is 27.9 Å². The minimum Gasteiger partial charge on any atom is -0.456 e. The first kappa shape index (κ1) is 22.1. The van der Waals surface area contributed by atoms with E-state index in [1.54, 1.807) is 24.5 Å². The molecule has 2 aromatic heterocycles. The molecule has 2 amide bonds. The highest BCUT2D eigenvalue weighted by atomic mass is 35.5. The maximum absolute atomic E-state index is 12.9. The molecule has 170 valence electrons. The predicted octanol–water partition coefficient (Wildman–Crippen LogP) is 3.49. The van der Waals surface area contributed by atoms with Gasteiger partial charge >= 0.3 is 0 Å². The molecule has 12 heteroatoms. The van der Waals surface area contributed by atoms with Crippen molar-refractivity contribution in [3.63, 3.8) is 0 Å². The second-order valence-electron chi connectivity index (χ2n) is 7.26. The van der Waals surface area contributed by atoms with Gasteiger partial charge in [0.25, 0.3) is 11.1 Å². The third kappa shape index (κ3) is 4.18. The number of amides is 2. The molecule has 9 nitrogen and oxygen atoms in total. The number of benzene rings is 1. The highest BCUT2D eigenvalue weighted by Gasteiger charge is 2.28. The van der Waals surface area contributed by atoms with Crippen LogP contribution >= 0.6 is 23.4 Å². The Balaban J connectivity index is 1.52. The minimum atomic E-state index is -3.69. The number of nitrogens with zero attached hydrogens (tertiary/aromatic N) is 2. The van der Waals surface area contributed by atoms with Gasteiger partial charge < -0.3 is 9.15 Å². The lowest BCUT2D eigenvalue weighted by Gasteiger charge is -2.26. The van der Waals surface area contributed by atoms with Gasteiger partial charge in [-0.2, -0.15) is 4.31 Å². The number of hydrogen-bond acceptors (Lipinski definition) is 8. The average Bonchev–Trinajstić information content (AvgIpc) is 3.35. The highest BCUT2D eigenvalue weighted by Crippen LogP contribution is 2.37. The van der Waals surface area contributed by atoms with E-state index in [0.29, 0.717) is 41.1 Å². The molecule has 2 aliphatic rings. The molecule has 0 atom stereocenters. The number of carbonyl (C=O) groups excluding carboxylic acids is 2. The maximum atomic E-state index is 12.9. The van der Waals surface area contributed by atoms with Crippen LogP contribution in [0, 0.1) is 0 Å². The number of morpholine rings is 1. The second kappa shape index (κ2) is 8.58. The Labute approximate surface area is 197 Å². The van der Waals surface area contributed by atoms with Crippen molar-refractivity contribution in [3.8, 4) is 11.1 Å². The standard InChI is InChI=1S/C21H16ClN3O6S2/c22-17-9-14(33(28,29)25-3-5-30-6-4-25)1-2-15(17)16-11-23-10-12-7-13(31-19(12)16)8-18-20(26)24-21(27)32-18/h1-2,7-11H,3-6H2,(H,24,26,27)/b18-8-. The molecule has 0 bridgehead atoms. The van der Waals surface area contributed by atoms with E-state index >= 15 is 0 Å². The number of furan rings is 1. The third-order valence-corrected chi connectivity index (χ3v) is 8.21. The maximum Gasteiger partial charge on any atom is 0.290 e. The van der Waals surface area contributed by atoms with E-state index in [1.165, 1.54) is 22.5 Å². The molecule has 0 radical (unpaired) electrons. The van der Waals surface area contributed by atoms with Crippen molar-refractivity contribution in [2.45, 2.75) is 4.90 Å². The minimum absolute atomic E-state index is 0.0945. The lowest BCUT2D eigenvalue weighted by molar-refractivity contribution is -0.115. The summed E-state index contributed by atoms with van der Waals surface area (Å²) in [6.07, 6.45) is 4.65. The number of halogens is 1. The van der Waals surface area contributed by atoms with Gasteiger partial charge in [-0.05, 0) is 30.0 Å². The van der Waals surface area contributed by atoms with Crippen LogP contribution in [-0.2, 0) is 19.6 Å². The van der Waals surface area contributed by atoms with Gasteiger partial charge in [-0.15, -0.1) is 0 Å². The number of pyridine rings is 1. The molecule has 0 unspecified atom stereocenters. The van der Waals surface area contributed by atoms with E-state index in [1.807, 2.05) is 0 Å². The average molecular weight is 506 g/mol. The molecule has 4 heterocycles. The Morgan fingerprint density at radius 2 is 1.91 bits per heavy atom. The summed E-state index contributed by atoms with van der Waals surface area (Å²) < 4.78 is 38.4. The van der Waals surface area contributed by atoms with Crippen molar-refractivity contribution in [3.05, 3.63) is 52.3 Å². The fourth-order valence-corrected chi connectivity index (χ4v) is 6.05. The number of hydrogen-bond donors (Lipinski definition) is 1. The number of ether oxygens (including phenoxy) is 1.